The molecule has 0 spiro atoms. The maximum atomic E-state index is 11.8. The van der Waals surface area contributed by atoms with Crippen LogP contribution in [-0.4, -0.2) is 59.7 Å². The van der Waals surface area contributed by atoms with Crippen molar-refractivity contribution >= 4 is 13.6 Å². The van der Waals surface area contributed by atoms with Crippen LogP contribution in [0.1, 0.15) is 6.23 Å². The van der Waals surface area contributed by atoms with Gasteiger partial charge in [0, 0.05) is 6.07 Å². The van der Waals surface area contributed by atoms with Crippen LogP contribution in [0.15, 0.2) is 15.7 Å². The van der Waals surface area contributed by atoms with Crippen molar-refractivity contribution in [2.45, 2.75) is 24.5 Å². The lowest BCUT2D eigenvalue weighted by Gasteiger charge is -2.20. The number of nitrogens with one attached hydrogen (secondary N) is 2. The lowest BCUT2D eigenvalue weighted by Crippen LogP contribution is -2.39. The average molecular weight is 355 g/mol. The zero-order chi connectivity index (χ0) is 17.4. The number of nitrogens with zero attached hydrogens (tertiary/aromatic N) is 1. The quantitative estimate of drug-likeness (QED) is 0.210. The minimum Gasteiger partial charge on any atom is -0.387 e. The number of aliphatic hydroxyl groups is 2. The lowest BCUT2D eigenvalue weighted by molar-refractivity contribution is -0.0536. The fraction of sp³-hybridized carbons (Fsp3) is 0.556. The summed E-state index contributed by atoms with van der Waals surface area (Å²) in [5, 5.41) is 28.7. The van der Waals surface area contributed by atoms with Gasteiger partial charge in [-0.3, -0.25) is 25.0 Å². The Morgan fingerprint density at radius 2 is 2.00 bits per heavy atom. The van der Waals surface area contributed by atoms with E-state index >= 15 is 0 Å². The van der Waals surface area contributed by atoms with E-state index in [1.165, 1.54) is 0 Å². The molecule has 14 heteroatoms. The van der Waals surface area contributed by atoms with E-state index in [4.69, 9.17) is 19.7 Å². The second-order valence-corrected chi connectivity index (χ2v) is 5.88. The highest BCUT2D eigenvalue weighted by Gasteiger charge is 2.45. The summed E-state index contributed by atoms with van der Waals surface area (Å²) < 4.78 is 20.6. The Kier molecular flexibility index (Phi) is 5.03. The topological polar surface area (TPSA) is 204 Å². The van der Waals surface area contributed by atoms with Gasteiger partial charge in [0.2, 0.25) is 0 Å². The first kappa shape index (κ1) is 17.8. The van der Waals surface area contributed by atoms with Gasteiger partial charge < -0.3 is 24.7 Å². The lowest BCUT2D eigenvalue weighted by atomic mass is 10.1. The number of H-pyrrole nitrogens is 1. The second-order valence-electron chi connectivity index (χ2n) is 4.64. The van der Waals surface area contributed by atoms with Crippen LogP contribution in [0.25, 0.3) is 0 Å². The van der Waals surface area contributed by atoms with E-state index in [0.29, 0.717) is 4.57 Å². The fourth-order valence-corrected chi connectivity index (χ4v) is 2.44. The number of aromatic amines is 1. The summed E-state index contributed by atoms with van der Waals surface area (Å²) in [6.07, 6.45) is -6.25. The summed E-state index contributed by atoms with van der Waals surface area (Å²) in [6, 6.07) is 0.795. The first-order valence-corrected chi connectivity index (χ1v) is 7.64. The van der Waals surface area contributed by atoms with Gasteiger partial charge in [0.25, 0.3) is 5.56 Å². The molecule has 1 aromatic rings. The van der Waals surface area contributed by atoms with Crippen LogP contribution in [0.3, 0.4) is 0 Å². The minimum absolute atomic E-state index is 0.424. The molecule has 13 nitrogen and oxygen atoms in total. The van der Waals surface area contributed by atoms with Gasteiger partial charge >= 0.3 is 13.5 Å². The molecule has 0 radical (unpaired) electrons. The van der Waals surface area contributed by atoms with Crippen molar-refractivity contribution in [2.24, 2.45) is 0 Å². The Labute approximate surface area is 126 Å². The monoisotopic (exact) mass is 355 g/mol. The van der Waals surface area contributed by atoms with Crippen LogP contribution in [-0.2, 0) is 13.8 Å². The number of aliphatic hydroxyl groups excluding tert-OH is 2. The van der Waals surface area contributed by atoms with Gasteiger partial charge in [-0.25, -0.2) is 13.9 Å². The van der Waals surface area contributed by atoms with E-state index in [1.54, 1.807) is 5.48 Å². The van der Waals surface area contributed by atoms with Crippen molar-refractivity contribution in [2.75, 3.05) is 12.1 Å². The van der Waals surface area contributed by atoms with Crippen LogP contribution in [0.2, 0.25) is 0 Å². The fourth-order valence-electron chi connectivity index (χ4n) is 2.09. The maximum absolute atomic E-state index is 11.8. The minimum atomic E-state index is -4.83. The van der Waals surface area contributed by atoms with Crippen LogP contribution in [0.4, 0.5) is 5.82 Å². The SMILES string of the molecule is O=c1cc(NO)n([C@@H]2O[C@H](COP(=O)(O)O)[C@@H](O)[C@H]2O)c(=O)[nH]1. The van der Waals surface area contributed by atoms with Crippen molar-refractivity contribution in [3.63, 3.8) is 0 Å². The smallest absolute Gasteiger partial charge is 0.387 e. The number of aromatic nitrogens is 2. The third-order valence-electron chi connectivity index (χ3n) is 3.09. The van der Waals surface area contributed by atoms with Crippen LogP contribution in [0, 0.1) is 0 Å². The molecule has 0 aromatic carbocycles. The molecule has 4 atom stereocenters. The van der Waals surface area contributed by atoms with Gasteiger partial charge in [-0.15, -0.1) is 0 Å². The van der Waals surface area contributed by atoms with E-state index in [9.17, 15) is 24.4 Å². The van der Waals surface area contributed by atoms with E-state index < -0.39 is 56.0 Å². The van der Waals surface area contributed by atoms with E-state index in [2.05, 4.69) is 4.52 Å². The third-order valence-corrected chi connectivity index (χ3v) is 3.57. The van der Waals surface area contributed by atoms with Crippen molar-refractivity contribution < 1.29 is 39.0 Å². The van der Waals surface area contributed by atoms with Crippen LogP contribution < -0.4 is 16.7 Å². The first-order chi connectivity index (χ1) is 10.6. The van der Waals surface area contributed by atoms with E-state index in [0.717, 1.165) is 6.07 Å². The Hall–Kier alpha value is -1.57. The number of phosphoric ester groups is 1. The number of phosphoric acid groups is 1. The molecule has 0 bridgehead atoms. The summed E-state index contributed by atoms with van der Waals surface area (Å²) in [4.78, 5) is 42.1. The van der Waals surface area contributed by atoms with Crippen molar-refractivity contribution in [1.29, 1.82) is 0 Å². The van der Waals surface area contributed by atoms with Gasteiger partial charge in [-0.1, -0.05) is 0 Å². The molecule has 1 aliphatic heterocycles. The zero-order valence-corrected chi connectivity index (χ0v) is 12.2. The molecule has 0 aliphatic carbocycles. The van der Waals surface area contributed by atoms with Gasteiger partial charge in [0.05, 0.1) is 6.61 Å². The van der Waals surface area contributed by atoms with Gasteiger partial charge in [0.1, 0.15) is 24.1 Å². The highest BCUT2D eigenvalue weighted by molar-refractivity contribution is 7.46. The molecular formula is C9H14N3O10P. The average Bonchev–Trinajstić information content (AvgIpc) is 2.71. The maximum Gasteiger partial charge on any atom is 0.469 e. The number of hydrogen-bond acceptors (Lipinski definition) is 9. The normalized spacial score (nSPS) is 28.0. The molecular weight excluding hydrogens is 341 g/mol. The summed E-state index contributed by atoms with van der Waals surface area (Å²) in [6.45, 7) is -0.765. The van der Waals surface area contributed by atoms with Crippen LogP contribution >= 0.6 is 7.82 Å². The number of hydrogen-bond donors (Lipinski definition) is 7. The molecule has 1 aliphatic rings. The molecule has 2 rings (SSSR count). The molecule has 130 valence electrons. The molecule has 0 amide bonds. The Balaban J connectivity index is 2.30. The predicted octanol–water partition coefficient (Wildman–Crippen LogP) is -2.93. The molecule has 1 saturated heterocycles. The molecule has 7 N–H and O–H groups in total. The van der Waals surface area contributed by atoms with E-state index in [1.807, 2.05) is 4.98 Å². The molecule has 1 fully saturated rings. The predicted molar refractivity (Wildman–Crippen MR) is 70.7 cm³/mol. The summed E-state index contributed by atoms with van der Waals surface area (Å²) in [5.41, 5.74) is -0.315. The Morgan fingerprint density at radius 3 is 2.57 bits per heavy atom. The highest BCUT2D eigenvalue weighted by Crippen LogP contribution is 2.38. The summed E-state index contributed by atoms with van der Waals surface area (Å²) in [5.74, 6) is -0.424. The Bertz CT molecular complexity index is 725. The number of rotatable bonds is 5. The van der Waals surface area contributed by atoms with Crippen molar-refractivity contribution in [1.82, 2.24) is 9.55 Å². The second kappa shape index (κ2) is 6.51. The third kappa shape index (κ3) is 3.85. The zero-order valence-electron chi connectivity index (χ0n) is 11.3. The highest BCUT2D eigenvalue weighted by atomic mass is 31.2. The molecule has 23 heavy (non-hydrogen) atoms. The molecule has 1 aromatic heterocycles. The number of anilines is 1. The van der Waals surface area contributed by atoms with Crippen molar-refractivity contribution in [3.05, 3.63) is 26.9 Å². The van der Waals surface area contributed by atoms with Gasteiger partial charge in [-0.05, 0) is 0 Å². The molecule has 2 heterocycles. The van der Waals surface area contributed by atoms with Crippen molar-refractivity contribution in [3.8, 4) is 0 Å². The first-order valence-electron chi connectivity index (χ1n) is 6.11. The number of ether oxygens (including phenoxy) is 1. The van der Waals surface area contributed by atoms with Gasteiger partial charge in [0.15, 0.2) is 6.23 Å². The molecule has 0 saturated carbocycles. The summed E-state index contributed by atoms with van der Waals surface area (Å²) in [7, 11) is -4.83. The van der Waals surface area contributed by atoms with E-state index in [-0.39, 0.29) is 0 Å². The Morgan fingerprint density at radius 1 is 1.35 bits per heavy atom. The van der Waals surface area contributed by atoms with Crippen LogP contribution in [0.5, 0.6) is 0 Å². The van der Waals surface area contributed by atoms with Gasteiger partial charge in [-0.2, -0.15) is 0 Å². The largest absolute Gasteiger partial charge is 0.469 e. The summed E-state index contributed by atoms with van der Waals surface area (Å²) >= 11 is 0. The molecule has 0 unspecified atom stereocenters. The standard InChI is InChI=1S/C9H14N3O10P/c13-5-1-4(11-17)12(9(16)10-5)8-7(15)6(14)3(22-8)2-21-23(18,19)20/h1,3,6-8,11,14-15,17H,2H2,(H,10,13,16)(H2,18,19,20)/t3-,6-,7-,8-/m1/s1.